The van der Waals surface area contributed by atoms with Crippen molar-refractivity contribution >= 4 is 17.9 Å². The predicted octanol–water partition coefficient (Wildman–Crippen LogP) is 16.8. The Morgan fingerprint density at radius 1 is 0.339 bits per heavy atom. The number of carbonyl (C=O) groups excluding carboxylic acids is 3. The summed E-state index contributed by atoms with van der Waals surface area (Å²) in [5, 5.41) is 0. The molecule has 0 aromatic rings. The van der Waals surface area contributed by atoms with Gasteiger partial charge in [-0.1, -0.05) is 202 Å². The quantitative estimate of drug-likeness (QED) is 0.0263. The Balaban J connectivity index is 4.44. The maximum atomic E-state index is 12.8. The molecule has 0 saturated carbocycles. The average Bonchev–Trinajstić information content (AvgIpc) is 3.27. The fourth-order valence-corrected chi connectivity index (χ4v) is 6.79. The van der Waals surface area contributed by atoms with Crippen LogP contribution in [0.15, 0.2) is 85.1 Å². The second-order valence-corrected chi connectivity index (χ2v) is 16.7. The number of unbranched alkanes of at least 4 members (excludes halogenated alkanes) is 20. The van der Waals surface area contributed by atoms with Gasteiger partial charge >= 0.3 is 17.9 Å². The van der Waals surface area contributed by atoms with Gasteiger partial charge in [0.05, 0.1) is 0 Å². The number of hydrogen-bond donors (Lipinski definition) is 0. The molecule has 0 aliphatic carbocycles. The number of carbonyl (C=O) groups is 3. The van der Waals surface area contributed by atoms with E-state index in [0.29, 0.717) is 19.3 Å². The standard InChI is InChI=1S/C56H94O6/c1-4-7-10-13-16-19-22-24-26-27-28-29-31-32-34-37-40-43-46-49-55(58)61-52-53(51-60-54(57)48-45-42-39-36-21-18-15-12-9-6-3)62-56(59)50-47-44-41-38-35-33-30-25-23-20-17-14-11-8-5-2/h7,10,16-17,19-20,24-26,28-30,32,34,53H,4-6,8-9,11-15,18,21-23,27,31,33,35-52H2,1-3H3/b10-7-,19-16-,20-17-,26-24-,29-28-,30-25-,34-32-/t53-/m1/s1. The van der Waals surface area contributed by atoms with Crippen molar-refractivity contribution in [2.75, 3.05) is 13.2 Å². The van der Waals surface area contributed by atoms with E-state index in [0.717, 1.165) is 122 Å². The number of ether oxygens (including phenoxy) is 3. The zero-order valence-electron chi connectivity index (χ0n) is 40.4. The number of esters is 3. The molecule has 0 amide bonds. The molecule has 0 saturated heterocycles. The van der Waals surface area contributed by atoms with Crippen LogP contribution in [0.5, 0.6) is 0 Å². The second-order valence-electron chi connectivity index (χ2n) is 16.7. The van der Waals surface area contributed by atoms with Crippen molar-refractivity contribution in [3.63, 3.8) is 0 Å². The van der Waals surface area contributed by atoms with Crippen molar-refractivity contribution in [2.45, 2.75) is 239 Å². The van der Waals surface area contributed by atoms with E-state index in [4.69, 9.17) is 14.2 Å². The molecular weight excluding hydrogens is 769 g/mol. The van der Waals surface area contributed by atoms with Crippen molar-refractivity contribution < 1.29 is 28.6 Å². The third kappa shape index (κ3) is 47.6. The molecule has 0 spiro atoms. The molecule has 0 radical (unpaired) electrons. The van der Waals surface area contributed by atoms with Crippen LogP contribution in [0.3, 0.4) is 0 Å². The molecule has 6 nitrogen and oxygen atoms in total. The van der Waals surface area contributed by atoms with Crippen molar-refractivity contribution in [1.29, 1.82) is 0 Å². The Kier molecular flexibility index (Phi) is 47.5. The van der Waals surface area contributed by atoms with Crippen LogP contribution in [0, 0.1) is 0 Å². The molecule has 0 fully saturated rings. The molecule has 0 aromatic heterocycles. The molecular formula is C56H94O6. The highest BCUT2D eigenvalue weighted by atomic mass is 16.6. The Hall–Kier alpha value is -3.41. The minimum Gasteiger partial charge on any atom is -0.462 e. The second kappa shape index (κ2) is 50.2. The zero-order chi connectivity index (χ0) is 45.1. The van der Waals surface area contributed by atoms with Gasteiger partial charge in [-0.05, 0) is 96.3 Å². The van der Waals surface area contributed by atoms with Gasteiger partial charge in [-0.25, -0.2) is 0 Å². The summed E-state index contributed by atoms with van der Waals surface area (Å²) in [6, 6.07) is 0. The fraction of sp³-hybridized carbons (Fsp3) is 0.696. The molecule has 0 N–H and O–H groups in total. The van der Waals surface area contributed by atoms with E-state index >= 15 is 0 Å². The van der Waals surface area contributed by atoms with Crippen LogP contribution >= 0.6 is 0 Å². The lowest BCUT2D eigenvalue weighted by molar-refractivity contribution is -0.167. The summed E-state index contributed by atoms with van der Waals surface area (Å²) in [6.45, 7) is 6.44. The lowest BCUT2D eigenvalue weighted by atomic mass is 10.1. The summed E-state index contributed by atoms with van der Waals surface area (Å²) < 4.78 is 16.7. The van der Waals surface area contributed by atoms with Gasteiger partial charge in [-0.2, -0.15) is 0 Å². The number of allylic oxidation sites excluding steroid dienone is 14. The molecule has 0 heterocycles. The largest absolute Gasteiger partial charge is 0.462 e. The predicted molar refractivity (Wildman–Crippen MR) is 265 cm³/mol. The van der Waals surface area contributed by atoms with E-state index in [2.05, 4.69) is 106 Å². The van der Waals surface area contributed by atoms with Gasteiger partial charge in [0.25, 0.3) is 0 Å². The molecule has 0 unspecified atom stereocenters. The molecule has 0 aromatic carbocycles. The van der Waals surface area contributed by atoms with Crippen LogP contribution < -0.4 is 0 Å². The molecule has 0 rings (SSSR count). The first-order valence-electron chi connectivity index (χ1n) is 25.6. The SMILES string of the molecule is CC/C=C\C/C=C\C/C=C\C/C=C\C/C=C\CCCCCC(=O)OC[C@@H](COC(=O)CCCCCCCCCCCC)OC(=O)CCCCCCC/C=C\C/C=C\CCCCC. The van der Waals surface area contributed by atoms with Crippen LogP contribution in [0.1, 0.15) is 233 Å². The summed E-state index contributed by atoms with van der Waals surface area (Å²) in [6.07, 6.45) is 64.2. The van der Waals surface area contributed by atoms with Crippen molar-refractivity contribution in [2.24, 2.45) is 0 Å². The maximum absolute atomic E-state index is 12.8. The Morgan fingerprint density at radius 3 is 1.03 bits per heavy atom. The molecule has 1 atom stereocenters. The Labute approximate surface area is 382 Å². The van der Waals surface area contributed by atoms with Crippen LogP contribution in [0.4, 0.5) is 0 Å². The number of hydrogen-bond acceptors (Lipinski definition) is 6. The van der Waals surface area contributed by atoms with E-state index in [1.807, 2.05) is 0 Å². The van der Waals surface area contributed by atoms with Gasteiger partial charge in [0.2, 0.25) is 0 Å². The Morgan fingerprint density at radius 2 is 0.629 bits per heavy atom. The van der Waals surface area contributed by atoms with Crippen LogP contribution in [0.25, 0.3) is 0 Å². The van der Waals surface area contributed by atoms with Gasteiger partial charge < -0.3 is 14.2 Å². The van der Waals surface area contributed by atoms with E-state index in [1.54, 1.807) is 0 Å². The van der Waals surface area contributed by atoms with Crippen LogP contribution in [-0.4, -0.2) is 37.2 Å². The van der Waals surface area contributed by atoms with Gasteiger partial charge in [0, 0.05) is 19.3 Å². The van der Waals surface area contributed by atoms with E-state index in [-0.39, 0.29) is 31.1 Å². The highest BCUT2D eigenvalue weighted by Crippen LogP contribution is 2.14. The summed E-state index contributed by atoms with van der Waals surface area (Å²) in [5.74, 6) is -0.943. The van der Waals surface area contributed by atoms with Gasteiger partial charge in [-0.3, -0.25) is 14.4 Å². The van der Waals surface area contributed by atoms with Gasteiger partial charge in [0.15, 0.2) is 6.10 Å². The molecule has 62 heavy (non-hydrogen) atoms. The first kappa shape index (κ1) is 58.6. The lowest BCUT2D eigenvalue weighted by Crippen LogP contribution is -2.30. The Bertz CT molecular complexity index is 1220. The average molecular weight is 863 g/mol. The first-order valence-corrected chi connectivity index (χ1v) is 25.6. The third-order valence-corrected chi connectivity index (χ3v) is 10.6. The highest BCUT2D eigenvalue weighted by Gasteiger charge is 2.19. The minimum atomic E-state index is -0.795. The van der Waals surface area contributed by atoms with Gasteiger partial charge in [-0.15, -0.1) is 0 Å². The summed E-state index contributed by atoms with van der Waals surface area (Å²) >= 11 is 0. The van der Waals surface area contributed by atoms with E-state index in [1.165, 1.54) is 70.6 Å². The maximum Gasteiger partial charge on any atom is 0.306 e. The molecule has 0 aliphatic rings. The summed E-state index contributed by atoms with van der Waals surface area (Å²) in [4.78, 5) is 37.9. The fourth-order valence-electron chi connectivity index (χ4n) is 6.79. The lowest BCUT2D eigenvalue weighted by Gasteiger charge is -2.18. The van der Waals surface area contributed by atoms with E-state index in [9.17, 15) is 14.4 Å². The number of rotatable bonds is 45. The molecule has 354 valence electrons. The zero-order valence-corrected chi connectivity index (χ0v) is 40.4. The van der Waals surface area contributed by atoms with Crippen molar-refractivity contribution in [3.05, 3.63) is 85.1 Å². The summed E-state index contributed by atoms with van der Waals surface area (Å²) in [7, 11) is 0. The minimum absolute atomic E-state index is 0.0922. The van der Waals surface area contributed by atoms with Crippen LogP contribution in [-0.2, 0) is 28.6 Å². The smallest absolute Gasteiger partial charge is 0.306 e. The summed E-state index contributed by atoms with van der Waals surface area (Å²) in [5.41, 5.74) is 0. The first-order chi connectivity index (χ1) is 30.5. The van der Waals surface area contributed by atoms with Crippen LogP contribution in [0.2, 0.25) is 0 Å². The molecule has 0 bridgehead atoms. The molecule has 6 heteroatoms. The molecule has 0 aliphatic heterocycles. The van der Waals surface area contributed by atoms with E-state index < -0.39 is 6.10 Å². The van der Waals surface area contributed by atoms with Gasteiger partial charge in [0.1, 0.15) is 13.2 Å². The normalized spacial score (nSPS) is 12.8. The van der Waals surface area contributed by atoms with Crippen molar-refractivity contribution in [3.8, 4) is 0 Å². The monoisotopic (exact) mass is 863 g/mol. The highest BCUT2D eigenvalue weighted by molar-refractivity contribution is 5.71. The topological polar surface area (TPSA) is 78.9 Å². The third-order valence-electron chi connectivity index (χ3n) is 10.6. The van der Waals surface area contributed by atoms with Crippen molar-refractivity contribution in [1.82, 2.24) is 0 Å².